The van der Waals surface area contributed by atoms with Crippen LogP contribution in [0.2, 0.25) is 0 Å². The van der Waals surface area contributed by atoms with Gasteiger partial charge in [-0.05, 0) is 30.6 Å². The van der Waals surface area contributed by atoms with Crippen LogP contribution < -0.4 is 20.7 Å². The summed E-state index contributed by atoms with van der Waals surface area (Å²) in [6.07, 6.45) is 4.83. The van der Waals surface area contributed by atoms with Crippen molar-refractivity contribution < 1.29 is 9.47 Å². The van der Waals surface area contributed by atoms with Gasteiger partial charge in [0.25, 0.3) is 5.88 Å². The predicted molar refractivity (Wildman–Crippen MR) is 77.6 cm³/mol. The van der Waals surface area contributed by atoms with Crippen LogP contribution in [-0.4, -0.2) is 23.2 Å². The van der Waals surface area contributed by atoms with Crippen molar-refractivity contribution in [3.05, 3.63) is 6.33 Å². The van der Waals surface area contributed by atoms with Gasteiger partial charge in [-0.15, -0.1) is 0 Å². The number of rotatable bonds is 4. The molecule has 6 nitrogen and oxygen atoms in total. The Bertz CT molecular complexity index is 464. The Morgan fingerprint density at radius 1 is 1.35 bits per heavy atom. The average molecular weight is 280 g/mol. The van der Waals surface area contributed by atoms with Crippen LogP contribution in [0.3, 0.4) is 0 Å². The molecule has 3 N–H and O–H groups in total. The summed E-state index contributed by atoms with van der Waals surface area (Å²) in [4.78, 5) is 8.18. The smallest absolute Gasteiger partial charge is 0.262 e. The largest absolute Gasteiger partial charge is 0.489 e. The molecule has 1 heterocycles. The van der Waals surface area contributed by atoms with Gasteiger partial charge in [-0.25, -0.2) is 10.8 Å². The van der Waals surface area contributed by atoms with Gasteiger partial charge in [-0.1, -0.05) is 20.8 Å². The van der Waals surface area contributed by atoms with Gasteiger partial charge in [0, 0.05) is 0 Å². The van der Waals surface area contributed by atoms with Gasteiger partial charge < -0.3 is 14.9 Å². The monoisotopic (exact) mass is 280 g/mol. The standard InChI is InChI=1S/C14H24N4O2/c1-9-5-10(7-14(2,3)6-9)20-13-11(19-4)12(18-15)16-8-17-13/h8-10H,5-7,15H2,1-4H3,(H,16,17,18). The Morgan fingerprint density at radius 3 is 2.70 bits per heavy atom. The summed E-state index contributed by atoms with van der Waals surface area (Å²) in [6, 6.07) is 0. The lowest BCUT2D eigenvalue weighted by Gasteiger charge is -2.38. The van der Waals surface area contributed by atoms with Gasteiger partial charge in [-0.3, -0.25) is 0 Å². The first-order valence-electron chi connectivity index (χ1n) is 6.97. The molecule has 20 heavy (non-hydrogen) atoms. The molecule has 0 aliphatic heterocycles. The molecule has 0 aromatic carbocycles. The number of hydrazine groups is 1. The zero-order chi connectivity index (χ0) is 14.8. The topological polar surface area (TPSA) is 82.3 Å². The van der Waals surface area contributed by atoms with Crippen LogP contribution in [0.1, 0.15) is 40.0 Å². The molecule has 6 heteroatoms. The summed E-state index contributed by atoms with van der Waals surface area (Å²) in [5.41, 5.74) is 2.78. The van der Waals surface area contributed by atoms with Gasteiger partial charge in [0.1, 0.15) is 12.4 Å². The fraction of sp³-hybridized carbons (Fsp3) is 0.714. The van der Waals surface area contributed by atoms with Crippen molar-refractivity contribution in [3.8, 4) is 11.6 Å². The number of nitrogen functional groups attached to an aromatic ring is 1. The SMILES string of the molecule is COc1c(NN)ncnc1OC1CC(C)CC(C)(C)C1. The Balaban J connectivity index is 2.17. The highest BCUT2D eigenvalue weighted by atomic mass is 16.5. The van der Waals surface area contributed by atoms with Crippen molar-refractivity contribution >= 4 is 5.82 Å². The fourth-order valence-corrected chi connectivity index (χ4v) is 3.23. The lowest BCUT2D eigenvalue weighted by atomic mass is 9.71. The Labute approximate surface area is 120 Å². The number of hydrogen-bond donors (Lipinski definition) is 2. The summed E-state index contributed by atoms with van der Waals surface area (Å²) >= 11 is 0. The summed E-state index contributed by atoms with van der Waals surface area (Å²) in [5.74, 6) is 7.39. The van der Waals surface area contributed by atoms with Gasteiger partial charge >= 0.3 is 0 Å². The molecule has 0 bridgehead atoms. The molecule has 0 amide bonds. The number of ether oxygens (including phenoxy) is 2. The van der Waals surface area contributed by atoms with Crippen LogP contribution in [0.15, 0.2) is 6.33 Å². The maximum atomic E-state index is 6.05. The first kappa shape index (κ1) is 14.8. The third-order valence-corrected chi connectivity index (χ3v) is 3.74. The van der Waals surface area contributed by atoms with Gasteiger partial charge in [0.15, 0.2) is 5.82 Å². The second-order valence-electron chi connectivity index (χ2n) is 6.36. The molecular weight excluding hydrogens is 256 g/mol. The number of nitrogens with two attached hydrogens (primary N) is 1. The molecule has 1 aliphatic carbocycles. The number of anilines is 1. The number of aromatic nitrogens is 2. The van der Waals surface area contributed by atoms with E-state index in [1.165, 1.54) is 12.7 Å². The molecule has 1 aromatic rings. The molecule has 1 saturated carbocycles. The molecule has 1 aromatic heterocycles. The highest BCUT2D eigenvalue weighted by Gasteiger charge is 2.34. The van der Waals surface area contributed by atoms with Crippen LogP contribution in [0.5, 0.6) is 11.6 Å². The molecule has 0 radical (unpaired) electrons. The normalized spacial score (nSPS) is 25.1. The molecule has 1 aliphatic rings. The molecule has 2 atom stereocenters. The first-order chi connectivity index (χ1) is 9.45. The quantitative estimate of drug-likeness (QED) is 0.651. The molecular formula is C14H24N4O2. The summed E-state index contributed by atoms with van der Waals surface area (Å²) in [7, 11) is 1.56. The maximum absolute atomic E-state index is 6.05. The van der Waals surface area contributed by atoms with Crippen molar-refractivity contribution in [2.45, 2.75) is 46.1 Å². The van der Waals surface area contributed by atoms with Crippen molar-refractivity contribution in [2.75, 3.05) is 12.5 Å². The molecule has 0 spiro atoms. The zero-order valence-electron chi connectivity index (χ0n) is 12.6. The van der Waals surface area contributed by atoms with Gasteiger partial charge in [-0.2, -0.15) is 4.98 Å². The third kappa shape index (κ3) is 3.30. The van der Waals surface area contributed by atoms with Gasteiger partial charge in [0.05, 0.1) is 7.11 Å². The Hall–Kier alpha value is -1.56. The minimum absolute atomic E-state index is 0.142. The minimum Gasteiger partial charge on any atom is -0.489 e. The number of methoxy groups -OCH3 is 1. The predicted octanol–water partition coefficient (Wildman–Crippen LogP) is 2.36. The van der Waals surface area contributed by atoms with Gasteiger partial charge in [0.2, 0.25) is 5.75 Å². The second-order valence-corrected chi connectivity index (χ2v) is 6.36. The van der Waals surface area contributed by atoms with Crippen molar-refractivity contribution in [1.29, 1.82) is 0 Å². The second kappa shape index (κ2) is 5.83. The number of nitrogens with one attached hydrogen (secondary N) is 1. The van der Waals surface area contributed by atoms with Crippen LogP contribution in [-0.2, 0) is 0 Å². The van der Waals surface area contributed by atoms with E-state index in [1.807, 2.05) is 0 Å². The third-order valence-electron chi connectivity index (χ3n) is 3.74. The van der Waals surface area contributed by atoms with Crippen LogP contribution >= 0.6 is 0 Å². The van der Waals surface area contributed by atoms with E-state index in [9.17, 15) is 0 Å². The van der Waals surface area contributed by atoms with E-state index in [2.05, 4.69) is 36.2 Å². The maximum Gasteiger partial charge on any atom is 0.262 e. The van der Waals surface area contributed by atoms with E-state index in [0.29, 0.717) is 23.4 Å². The molecule has 112 valence electrons. The molecule has 2 unspecified atom stereocenters. The van der Waals surface area contributed by atoms with E-state index in [4.69, 9.17) is 15.3 Å². The zero-order valence-corrected chi connectivity index (χ0v) is 12.6. The van der Waals surface area contributed by atoms with E-state index in [0.717, 1.165) is 12.8 Å². The average Bonchev–Trinajstić information content (AvgIpc) is 2.35. The highest BCUT2D eigenvalue weighted by molar-refractivity contribution is 5.54. The minimum atomic E-state index is 0.142. The summed E-state index contributed by atoms with van der Waals surface area (Å²) in [6.45, 7) is 6.83. The van der Waals surface area contributed by atoms with E-state index in [-0.39, 0.29) is 11.5 Å². The Morgan fingerprint density at radius 2 is 2.10 bits per heavy atom. The summed E-state index contributed by atoms with van der Waals surface area (Å²) in [5, 5.41) is 0. The van der Waals surface area contributed by atoms with Crippen LogP contribution in [0, 0.1) is 11.3 Å². The van der Waals surface area contributed by atoms with Crippen molar-refractivity contribution in [2.24, 2.45) is 17.2 Å². The molecule has 2 rings (SSSR count). The number of hydrogen-bond acceptors (Lipinski definition) is 6. The number of nitrogens with zero attached hydrogens (tertiary/aromatic N) is 2. The lowest BCUT2D eigenvalue weighted by Crippen LogP contribution is -2.34. The van der Waals surface area contributed by atoms with Crippen molar-refractivity contribution in [1.82, 2.24) is 9.97 Å². The molecule has 0 saturated heterocycles. The van der Waals surface area contributed by atoms with Crippen LogP contribution in [0.4, 0.5) is 5.82 Å². The fourth-order valence-electron chi connectivity index (χ4n) is 3.23. The highest BCUT2D eigenvalue weighted by Crippen LogP contribution is 2.41. The van der Waals surface area contributed by atoms with E-state index in [1.54, 1.807) is 7.11 Å². The van der Waals surface area contributed by atoms with Crippen LogP contribution in [0.25, 0.3) is 0 Å². The van der Waals surface area contributed by atoms with Crippen molar-refractivity contribution in [3.63, 3.8) is 0 Å². The Kier molecular flexibility index (Phi) is 4.32. The summed E-state index contributed by atoms with van der Waals surface area (Å²) < 4.78 is 11.3. The van der Waals surface area contributed by atoms with E-state index >= 15 is 0 Å². The lowest BCUT2D eigenvalue weighted by molar-refractivity contribution is 0.0512. The first-order valence-corrected chi connectivity index (χ1v) is 6.97. The van der Waals surface area contributed by atoms with E-state index < -0.39 is 0 Å². The molecule has 1 fully saturated rings.